The van der Waals surface area contributed by atoms with E-state index in [1.165, 1.54) is 0 Å². The molecular weight excluding hydrogens is 174 g/mol. The average molecular weight is 185 g/mol. The van der Waals surface area contributed by atoms with Crippen molar-refractivity contribution >= 4 is 8.80 Å². The molecule has 0 saturated heterocycles. The minimum absolute atomic E-state index is 0.00398. The van der Waals surface area contributed by atoms with Gasteiger partial charge in [-0.25, -0.2) is 0 Å². The Labute approximate surface area is 71.5 Å². The molecule has 0 fully saturated rings. The number of nitrogens with zero attached hydrogens (tertiary/aromatic N) is 1. The van der Waals surface area contributed by atoms with Crippen LogP contribution in [-0.2, 0) is 6.42 Å². The molecule has 1 aromatic heterocycles. The molecule has 12 heavy (non-hydrogen) atoms. The summed E-state index contributed by atoms with van der Waals surface area (Å²) in [7, 11) is -3.88. The lowest BCUT2D eigenvalue weighted by Gasteiger charge is -2.07. The van der Waals surface area contributed by atoms with Gasteiger partial charge in [-0.15, -0.1) is 0 Å². The van der Waals surface area contributed by atoms with Crippen molar-refractivity contribution in [3.63, 3.8) is 0 Å². The highest BCUT2D eigenvalue weighted by molar-refractivity contribution is 6.56. The maximum Gasteiger partial charge on any atom is 0.493 e. The Kier molecular flexibility index (Phi) is 2.93. The van der Waals surface area contributed by atoms with E-state index in [9.17, 15) is 0 Å². The summed E-state index contributed by atoms with van der Waals surface area (Å²) in [6, 6.07) is 5.38. The van der Waals surface area contributed by atoms with Crippen LogP contribution in [0.25, 0.3) is 0 Å². The predicted octanol–water partition coefficient (Wildman–Crippen LogP) is -0.460. The third kappa shape index (κ3) is 3.58. The molecule has 0 bridgehead atoms. The Balaban J connectivity index is 2.44. The molecule has 4 nitrogen and oxygen atoms in total. The zero-order valence-corrected chi connectivity index (χ0v) is 7.51. The molecule has 0 aliphatic rings. The molecule has 0 radical (unpaired) electrons. The predicted molar refractivity (Wildman–Crippen MR) is 45.2 cm³/mol. The molecule has 1 heterocycles. The molecule has 0 atom stereocenters. The fourth-order valence-electron chi connectivity index (χ4n) is 0.842. The average Bonchev–Trinajstić information content (AvgIpc) is 2.02. The van der Waals surface area contributed by atoms with E-state index in [0.29, 0.717) is 6.42 Å². The summed E-state index contributed by atoms with van der Waals surface area (Å²) in [4.78, 5) is 30.1. The van der Waals surface area contributed by atoms with Crippen LogP contribution in [-0.4, -0.2) is 28.2 Å². The lowest BCUT2D eigenvalue weighted by Crippen LogP contribution is -2.34. The first kappa shape index (κ1) is 9.34. The second-order valence-electron chi connectivity index (χ2n) is 2.60. The normalized spacial score (nSPS) is 11.6. The van der Waals surface area contributed by atoms with E-state index in [4.69, 9.17) is 14.4 Å². The summed E-state index contributed by atoms with van der Waals surface area (Å²) in [5.74, 6) is 0. The second-order valence-corrected chi connectivity index (χ2v) is 4.64. The Morgan fingerprint density at radius 3 is 2.50 bits per heavy atom. The van der Waals surface area contributed by atoms with Crippen LogP contribution in [0.15, 0.2) is 24.4 Å². The fraction of sp³-hybridized carbons (Fsp3) is 0.286. The molecule has 3 N–H and O–H groups in total. The van der Waals surface area contributed by atoms with Crippen LogP contribution >= 0.6 is 0 Å². The monoisotopic (exact) mass is 185 g/mol. The summed E-state index contributed by atoms with van der Waals surface area (Å²) in [5, 5.41) is 0. The van der Waals surface area contributed by atoms with Gasteiger partial charge in [-0.05, 0) is 18.6 Å². The van der Waals surface area contributed by atoms with Crippen molar-refractivity contribution in [3.8, 4) is 0 Å². The Hall–Kier alpha value is -0.753. The lowest BCUT2D eigenvalue weighted by molar-refractivity contribution is 0.227. The minimum atomic E-state index is -3.88. The SMILES string of the molecule is O[Si](O)(O)CCc1ccccn1. The number of pyridine rings is 1. The van der Waals surface area contributed by atoms with E-state index < -0.39 is 8.80 Å². The van der Waals surface area contributed by atoms with Gasteiger partial charge in [0.15, 0.2) is 0 Å². The number of aryl methyl sites for hydroxylation is 1. The molecule has 0 aliphatic heterocycles. The zero-order chi connectivity index (χ0) is 9.03. The molecule has 66 valence electrons. The van der Waals surface area contributed by atoms with Crippen LogP contribution < -0.4 is 0 Å². The first-order chi connectivity index (χ1) is 5.58. The molecule has 1 aromatic rings. The second kappa shape index (κ2) is 3.77. The molecule has 0 saturated carbocycles. The maximum atomic E-state index is 8.70. The first-order valence-corrected chi connectivity index (χ1v) is 5.70. The summed E-state index contributed by atoms with van der Waals surface area (Å²) >= 11 is 0. The number of rotatable bonds is 3. The number of aromatic nitrogens is 1. The molecule has 0 spiro atoms. The molecule has 1 rings (SSSR count). The van der Waals surface area contributed by atoms with Crippen LogP contribution in [0.3, 0.4) is 0 Å². The van der Waals surface area contributed by atoms with Crippen molar-refractivity contribution in [3.05, 3.63) is 30.1 Å². The summed E-state index contributed by atoms with van der Waals surface area (Å²) < 4.78 is 0. The van der Waals surface area contributed by atoms with Gasteiger partial charge >= 0.3 is 8.80 Å². The molecular formula is C7H11NO3Si. The summed E-state index contributed by atoms with van der Waals surface area (Å²) in [6.07, 6.45) is 2.03. The van der Waals surface area contributed by atoms with Crippen molar-refractivity contribution < 1.29 is 14.4 Å². The van der Waals surface area contributed by atoms with Crippen molar-refractivity contribution in [2.45, 2.75) is 12.5 Å². The van der Waals surface area contributed by atoms with E-state index in [2.05, 4.69) is 4.98 Å². The maximum absolute atomic E-state index is 8.70. The van der Waals surface area contributed by atoms with Crippen LogP contribution in [0.5, 0.6) is 0 Å². The summed E-state index contributed by atoms with van der Waals surface area (Å²) in [6.45, 7) is 0. The van der Waals surface area contributed by atoms with E-state index in [1.54, 1.807) is 18.3 Å². The van der Waals surface area contributed by atoms with E-state index in [-0.39, 0.29) is 6.04 Å². The minimum Gasteiger partial charge on any atom is -0.390 e. The standard InChI is InChI=1S/C7H11NO3Si/c9-12(10,11)6-4-7-3-1-2-5-8-7/h1-3,5,9-11H,4,6H2. The van der Waals surface area contributed by atoms with Crippen molar-refractivity contribution in [2.75, 3.05) is 0 Å². The van der Waals surface area contributed by atoms with Crippen LogP contribution in [0.1, 0.15) is 5.69 Å². The van der Waals surface area contributed by atoms with E-state index in [1.807, 2.05) is 6.07 Å². The summed E-state index contributed by atoms with van der Waals surface area (Å²) in [5.41, 5.74) is 0.756. The van der Waals surface area contributed by atoms with Crippen LogP contribution in [0, 0.1) is 0 Å². The topological polar surface area (TPSA) is 73.6 Å². The van der Waals surface area contributed by atoms with Crippen molar-refractivity contribution in [1.29, 1.82) is 0 Å². The first-order valence-electron chi connectivity index (χ1n) is 3.65. The molecule has 0 unspecified atom stereocenters. The highest BCUT2D eigenvalue weighted by atomic mass is 28.4. The van der Waals surface area contributed by atoms with E-state index in [0.717, 1.165) is 5.69 Å². The van der Waals surface area contributed by atoms with E-state index >= 15 is 0 Å². The fourth-order valence-corrected chi connectivity index (χ4v) is 1.43. The van der Waals surface area contributed by atoms with Crippen molar-refractivity contribution in [2.24, 2.45) is 0 Å². The van der Waals surface area contributed by atoms with Gasteiger partial charge in [0.25, 0.3) is 0 Å². The number of hydrogen-bond acceptors (Lipinski definition) is 4. The lowest BCUT2D eigenvalue weighted by atomic mass is 10.3. The molecule has 0 aliphatic carbocycles. The van der Waals surface area contributed by atoms with Gasteiger partial charge < -0.3 is 14.4 Å². The largest absolute Gasteiger partial charge is 0.493 e. The van der Waals surface area contributed by atoms with Gasteiger partial charge in [-0.2, -0.15) is 0 Å². The van der Waals surface area contributed by atoms with Gasteiger partial charge in [0.1, 0.15) is 0 Å². The molecule has 5 heteroatoms. The van der Waals surface area contributed by atoms with Gasteiger partial charge in [0, 0.05) is 17.9 Å². The molecule has 0 aromatic carbocycles. The Morgan fingerprint density at radius 2 is 2.00 bits per heavy atom. The zero-order valence-electron chi connectivity index (χ0n) is 6.51. The quantitative estimate of drug-likeness (QED) is 0.557. The third-order valence-electron chi connectivity index (χ3n) is 1.44. The Bertz CT molecular complexity index is 234. The van der Waals surface area contributed by atoms with Crippen molar-refractivity contribution in [1.82, 2.24) is 4.98 Å². The highest BCUT2D eigenvalue weighted by Crippen LogP contribution is 2.04. The third-order valence-corrected chi connectivity index (χ3v) is 2.36. The number of hydrogen-bond donors (Lipinski definition) is 3. The smallest absolute Gasteiger partial charge is 0.390 e. The van der Waals surface area contributed by atoms with Crippen LogP contribution in [0.2, 0.25) is 6.04 Å². The van der Waals surface area contributed by atoms with Gasteiger partial charge in [0.2, 0.25) is 0 Å². The Morgan fingerprint density at radius 1 is 1.25 bits per heavy atom. The van der Waals surface area contributed by atoms with Gasteiger partial charge in [-0.3, -0.25) is 4.98 Å². The highest BCUT2D eigenvalue weighted by Gasteiger charge is 2.25. The van der Waals surface area contributed by atoms with Gasteiger partial charge in [0.05, 0.1) is 0 Å². The van der Waals surface area contributed by atoms with Gasteiger partial charge in [-0.1, -0.05) is 6.07 Å². The molecule has 0 amide bonds. The van der Waals surface area contributed by atoms with Crippen LogP contribution in [0.4, 0.5) is 0 Å².